The number of aromatic nitrogens is 1. The van der Waals surface area contributed by atoms with Crippen LogP contribution in [0.2, 0.25) is 0 Å². The zero-order valence-corrected chi connectivity index (χ0v) is 6.90. The third kappa shape index (κ3) is 3.23. The van der Waals surface area contributed by atoms with Crippen LogP contribution < -0.4 is 0 Å². The summed E-state index contributed by atoms with van der Waals surface area (Å²) in [6, 6.07) is 4.03. The van der Waals surface area contributed by atoms with Crippen molar-refractivity contribution in [2.45, 2.75) is 32.4 Å². The first-order chi connectivity index (χ1) is 5.29. The quantitative estimate of drug-likeness (QED) is 0.699. The second kappa shape index (κ2) is 4.19. The van der Waals surface area contributed by atoms with Gasteiger partial charge in [-0.15, -0.1) is 0 Å². The fourth-order valence-electron chi connectivity index (χ4n) is 1.09. The Balaban J connectivity index is 2.14. The van der Waals surface area contributed by atoms with Gasteiger partial charge in [-0.25, -0.2) is 0 Å². The minimum atomic E-state index is -0.162. The molecule has 2 nitrogen and oxygen atoms in total. The molecule has 0 saturated heterocycles. The van der Waals surface area contributed by atoms with Gasteiger partial charge in [0.25, 0.3) is 0 Å². The van der Waals surface area contributed by atoms with Crippen LogP contribution in [0.3, 0.4) is 0 Å². The first kappa shape index (κ1) is 8.34. The molecule has 0 spiro atoms. The van der Waals surface area contributed by atoms with Gasteiger partial charge in [0.2, 0.25) is 0 Å². The third-order valence-electron chi connectivity index (χ3n) is 1.70. The van der Waals surface area contributed by atoms with Crippen molar-refractivity contribution < 1.29 is 5.11 Å². The van der Waals surface area contributed by atoms with Crippen LogP contribution in [0.5, 0.6) is 0 Å². The molecule has 0 aliphatic carbocycles. The molecule has 0 aliphatic rings. The molecule has 0 amide bonds. The number of rotatable bonds is 4. The van der Waals surface area contributed by atoms with Crippen LogP contribution in [0.15, 0.2) is 24.5 Å². The van der Waals surface area contributed by atoms with Crippen molar-refractivity contribution in [3.63, 3.8) is 0 Å². The molecule has 2 heteroatoms. The van der Waals surface area contributed by atoms with Crippen LogP contribution in [-0.2, 0) is 6.54 Å². The summed E-state index contributed by atoms with van der Waals surface area (Å²) in [5, 5.41) is 8.97. The van der Waals surface area contributed by atoms with E-state index in [4.69, 9.17) is 5.11 Å². The van der Waals surface area contributed by atoms with Gasteiger partial charge < -0.3 is 9.67 Å². The van der Waals surface area contributed by atoms with Gasteiger partial charge >= 0.3 is 0 Å². The van der Waals surface area contributed by atoms with Gasteiger partial charge in [-0.3, -0.25) is 0 Å². The lowest BCUT2D eigenvalue weighted by atomic mass is 10.2. The topological polar surface area (TPSA) is 25.2 Å². The molecule has 0 bridgehead atoms. The minimum absolute atomic E-state index is 0.162. The molecule has 1 N–H and O–H groups in total. The normalized spacial score (nSPS) is 13.3. The van der Waals surface area contributed by atoms with Gasteiger partial charge in [0.1, 0.15) is 0 Å². The van der Waals surface area contributed by atoms with E-state index in [9.17, 15) is 0 Å². The van der Waals surface area contributed by atoms with E-state index in [2.05, 4.69) is 4.57 Å². The van der Waals surface area contributed by atoms with Crippen molar-refractivity contribution in [3.05, 3.63) is 24.5 Å². The van der Waals surface area contributed by atoms with Crippen molar-refractivity contribution in [1.29, 1.82) is 0 Å². The number of aliphatic hydroxyl groups excluding tert-OH is 1. The molecule has 0 aromatic carbocycles. The average Bonchev–Trinajstić information content (AvgIpc) is 2.39. The number of aliphatic hydroxyl groups is 1. The molecule has 1 aromatic rings. The summed E-state index contributed by atoms with van der Waals surface area (Å²) in [5.41, 5.74) is 0. The molecule has 11 heavy (non-hydrogen) atoms. The van der Waals surface area contributed by atoms with E-state index in [1.54, 1.807) is 0 Å². The number of hydrogen-bond acceptors (Lipinski definition) is 1. The zero-order chi connectivity index (χ0) is 8.10. The number of nitrogens with zero attached hydrogens (tertiary/aromatic N) is 1. The largest absolute Gasteiger partial charge is 0.393 e. The first-order valence-corrected chi connectivity index (χ1v) is 4.08. The molecule has 62 valence electrons. The Hall–Kier alpha value is -0.760. The van der Waals surface area contributed by atoms with E-state index >= 15 is 0 Å². The maximum atomic E-state index is 8.97. The second-order valence-electron chi connectivity index (χ2n) is 2.91. The summed E-state index contributed by atoms with van der Waals surface area (Å²) >= 11 is 0. The first-order valence-electron chi connectivity index (χ1n) is 4.08. The van der Waals surface area contributed by atoms with Crippen molar-refractivity contribution in [2.24, 2.45) is 0 Å². The van der Waals surface area contributed by atoms with E-state index in [-0.39, 0.29) is 6.10 Å². The zero-order valence-electron chi connectivity index (χ0n) is 6.90. The van der Waals surface area contributed by atoms with E-state index < -0.39 is 0 Å². The fraction of sp³-hybridized carbons (Fsp3) is 0.556. The van der Waals surface area contributed by atoms with Gasteiger partial charge in [0.15, 0.2) is 0 Å². The highest BCUT2D eigenvalue weighted by Gasteiger charge is 1.94. The van der Waals surface area contributed by atoms with Crippen LogP contribution in [0.4, 0.5) is 0 Å². The number of aryl methyl sites for hydroxylation is 1. The van der Waals surface area contributed by atoms with Crippen molar-refractivity contribution in [3.8, 4) is 0 Å². The van der Waals surface area contributed by atoms with Gasteiger partial charge in [0, 0.05) is 18.9 Å². The molecule has 0 aliphatic heterocycles. The van der Waals surface area contributed by atoms with Crippen molar-refractivity contribution in [1.82, 2.24) is 4.57 Å². The molecular formula is C9H15NO. The predicted octanol–water partition coefficient (Wildman–Crippen LogP) is 1.65. The summed E-state index contributed by atoms with van der Waals surface area (Å²) in [7, 11) is 0. The molecule has 1 unspecified atom stereocenters. The maximum Gasteiger partial charge on any atom is 0.0512 e. The second-order valence-corrected chi connectivity index (χ2v) is 2.91. The van der Waals surface area contributed by atoms with E-state index in [0.717, 1.165) is 19.4 Å². The summed E-state index contributed by atoms with van der Waals surface area (Å²) in [4.78, 5) is 0. The Morgan fingerprint density at radius 2 is 2.00 bits per heavy atom. The summed E-state index contributed by atoms with van der Waals surface area (Å²) < 4.78 is 2.13. The van der Waals surface area contributed by atoms with Gasteiger partial charge in [-0.2, -0.15) is 0 Å². The molecular weight excluding hydrogens is 138 g/mol. The summed E-state index contributed by atoms with van der Waals surface area (Å²) in [6.45, 7) is 2.84. The molecule has 1 aromatic heterocycles. The van der Waals surface area contributed by atoms with E-state index in [1.807, 2.05) is 31.5 Å². The fourth-order valence-corrected chi connectivity index (χ4v) is 1.09. The lowest BCUT2D eigenvalue weighted by Gasteiger charge is -2.04. The Morgan fingerprint density at radius 1 is 1.36 bits per heavy atom. The average molecular weight is 153 g/mol. The molecule has 1 heterocycles. The summed E-state index contributed by atoms with van der Waals surface area (Å²) in [5.74, 6) is 0. The third-order valence-corrected chi connectivity index (χ3v) is 1.70. The van der Waals surface area contributed by atoms with E-state index in [1.165, 1.54) is 0 Å². The van der Waals surface area contributed by atoms with Crippen LogP contribution in [0.25, 0.3) is 0 Å². The highest BCUT2D eigenvalue weighted by molar-refractivity contribution is 4.89. The Morgan fingerprint density at radius 3 is 2.55 bits per heavy atom. The van der Waals surface area contributed by atoms with Crippen molar-refractivity contribution in [2.75, 3.05) is 0 Å². The van der Waals surface area contributed by atoms with Crippen LogP contribution in [0.1, 0.15) is 19.8 Å². The highest BCUT2D eigenvalue weighted by Crippen LogP contribution is 1.99. The SMILES string of the molecule is CC(O)CCCn1cccc1. The number of hydrogen-bond donors (Lipinski definition) is 1. The predicted molar refractivity (Wildman–Crippen MR) is 45.3 cm³/mol. The minimum Gasteiger partial charge on any atom is -0.393 e. The lowest BCUT2D eigenvalue weighted by Crippen LogP contribution is -2.02. The van der Waals surface area contributed by atoms with Crippen LogP contribution in [-0.4, -0.2) is 15.8 Å². The van der Waals surface area contributed by atoms with Gasteiger partial charge in [-0.1, -0.05) is 0 Å². The Kier molecular flexibility index (Phi) is 3.17. The smallest absolute Gasteiger partial charge is 0.0512 e. The van der Waals surface area contributed by atoms with Gasteiger partial charge in [0.05, 0.1) is 6.10 Å². The Bertz CT molecular complexity index is 179. The Labute approximate surface area is 67.5 Å². The summed E-state index contributed by atoms with van der Waals surface area (Å²) in [6.07, 6.45) is 5.86. The maximum absolute atomic E-state index is 8.97. The van der Waals surface area contributed by atoms with Crippen LogP contribution in [0, 0.1) is 0 Å². The lowest BCUT2D eigenvalue weighted by molar-refractivity contribution is 0.179. The molecule has 0 saturated carbocycles. The van der Waals surface area contributed by atoms with E-state index in [0.29, 0.717) is 0 Å². The molecule has 0 radical (unpaired) electrons. The van der Waals surface area contributed by atoms with Crippen molar-refractivity contribution >= 4 is 0 Å². The van der Waals surface area contributed by atoms with Crippen LogP contribution >= 0.6 is 0 Å². The van der Waals surface area contributed by atoms with Gasteiger partial charge in [-0.05, 0) is 31.9 Å². The molecule has 1 rings (SSSR count). The highest BCUT2D eigenvalue weighted by atomic mass is 16.3. The standard InChI is InChI=1S/C9H15NO/c1-9(11)5-4-8-10-6-2-3-7-10/h2-3,6-7,9,11H,4-5,8H2,1H3. The molecule has 1 atom stereocenters. The monoisotopic (exact) mass is 153 g/mol. The molecule has 0 fully saturated rings.